The highest BCUT2D eigenvalue weighted by Crippen LogP contribution is 2.08. The van der Waals surface area contributed by atoms with Crippen molar-refractivity contribution in [2.45, 2.75) is 31.7 Å². The minimum Gasteiger partial charge on any atom is -0.328 e. The van der Waals surface area contributed by atoms with E-state index in [1.54, 1.807) is 0 Å². The van der Waals surface area contributed by atoms with Crippen molar-refractivity contribution >= 4 is 0 Å². The van der Waals surface area contributed by atoms with E-state index in [0.717, 1.165) is 45.3 Å². The number of hydrogen-bond donors (Lipinski definition) is 1. The van der Waals surface area contributed by atoms with E-state index < -0.39 is 0 Å². The predicted molar refractivity (Wildman–Crippen MR) is 51.7 cm³/mol. The lowest BCUT2D eigenvalue weighted by Gasteiger charge is -2.29. The fraction of sp³-hybridized carbons (Fsp3) is 0.800. The van der Waals surface area contributed by atoms with Crippen LogP contribution in [0, 0.1) is 12.3 Å². The van der Waals surface area contributed by atoms with Crippen LogP contribution in [0.5, 0.6) is 0 Å². The summed E-state index contributed by atoms with van der Waals surface area (Å²) < 4.78 is 0. The summed E-state index contributed by atoms with van der Waals surface area (Å²) in [6.45, 7) is 3.47. The number of rotatable bonds is 3. The maximum atomic E-state index is 5.79. The molecule has 1 rings (SSSR count). The highest BCUT2D eigenvalue weighted by molar-refractivity contribution is 4.84. The number of nitrogens with two attached hydrogens (primary N) is 1. The Kier molecular flexibility index (Phi) is 4.13. The molecule has 2 nitrogen and oxygen atoms in total. The van der Waals surface area contributed by atoms with Crippen LogP contribution in [0.2, 0.25) is 0 Å². The Morgan fingerprint density at radius 3 is 2.67 bits per heavy atom. The standard InChI is InChI=1S/C10H18N2/c1-2-3-4-7-12-8-5-10(11)6-9-12/h1,10H,3-9,11H2. The number of hydrogen-bond acceptors (Lipinski definition) is 2. The fourth-order valence-electron chi connectivity index (χ4n) is 1.58. The summed E-state index contributed by atoms with van der Waals surface area (Å²) >= 11 is 0. The molecule has 0 saturated carbocycles. The Hall–Kier alpha value is -0.520. The number of terminal acetylenes is 1. The molecule has 1 fully saturated rings. The van der Waals surface area contributed by atoms with Gasteiger partial charge in [0.1, 0.15) is 0 Å². The van der Waals surface area contributed by atoms with Gasteiger partial charge in [-0.1, -0.05) is 0 Å². The Morgan fingerprint density at radius 2 is 2.08 bits per heavy atom. The van der Waals surface area contributed by atoms with Crippen LogP contribution in [-0.2, 0) is 0 Å². The Balaban J connectivity index is 2.06. The van der Waals surface area contributed by atoms with Gasteiger partial charge in [0.15, 0.2) is 0 Å². The zero-order valence-corrected chi connectivity index (χ0v) is 7.63. The van der Waals surface area contributed by atoms with Crippen LogP contribution < -0.4 is 5.73 Å². The SMILES string of the molecule is C#CCCCN1CCC(N)CC1. The fourth-order valence-corrected chi connectivity index (χ4v) is 1.58. The normalized spacial score (nSPS) is 20.7. The Bertz CT molecular complexity index is 152. The van der Waals surface area contributed by atoms with Crippen LogP contribution in [0.25, 0.3) is 0 Å². The molecule has 0 amide bonds. The molecule has 0 atom stereocenters. The van der Waals surface area contributed by atoms with E-state index in [0.29, 0.717) is 6.04 Å². The van der Waals surface area contributed by atoms with Gasteiger partial charge in [-0.05, 0) is 38.9 Å². The van der Waals surface area contributed by atoms with Crippen LogP contribution in [0.3, 0.4) is 0 Å². The summed E-state index contributed by atoms with van der Waals surface area (Å²) in [5, 5.41) is 0. The smallest absolute Gasteiger partial charge is 0.00982 e. The van der Waals surface area contributed by atoms with Gasteiger partial charge in [-0.3, -0.25) is 0 Å². The van der Waals surface area contributed by atoms with Gasteiger partial charge in [-0.2, -0.15) is 0 Å². The summed E-state index contributed by atoms with van der Waals surface area (Å²) in [6, 6.07) is 0.439. The lowest BCUT2D eigenvalue weighted by molar-refractivity contribution is 0.212. The predicted octanol–water partition coefficient (Wildman–Crippen LogP) is 0.823. The van der Waals surface area contributed by atoms with Crippen LogP contribution in [-0.4, -0.2) is 30.6 Å². The second kappa shape index (κ2) is 5.18. The van der Waals surface area contributed by atoms with Crippen molar-refractivity contribution in [2.75, 3.05) is 19.6 Å². The molecule has 0 bridgehead atoms. The summed E-state index contributed by atoms with van der Waals surface area (Å²) in [7, 11) is 0. The third-order valence-electron chi connectivity index (χ3n) is 2.43. The van der Waals surface area contributed by atoms with E-state index in [9.17, 15) is 0 Å². The molecular formula is C10H18N2. The third kappa shape index (κ3) is 3.25. The molecule has 1 heterocycles. The molecule has 2 heteroatoms. The minimum absolute atomic E-state index is 0.439. The molecule has 0 aromatic rings. The monoisotopic (exact) mass is 166 g/mol. The second-order valence-electron chi connectivity index (χ2n) is 3.49. The van der Waals surface area contributed by atoms with Crippen molar-refractivity contribution in [1.29, 1.82) is 0 Å². The van der Waals surface area contributed by atoms with Gasteiger partial charge in [0.05, 0.1) is 0 Å². The molecule has 1 saturated heterocycles. The van der Waals surface area contributed by atoms with E-state index in [2.05, 4.69) is 10.8 Å². The summed E-state index contributed by atoms with van der Waals surface area (Å²) in [5.74, 6) is 2.66. The Morgan fingerprint density at radius 1 is 1.42 bits per heavy atom. The summed E-state index contributed by atoms with van der Waals surface area (Å²) in [4.78, 5) is 2.46. The minimum atomic E-state index is 0.439. The largest absolute Gasteiger partial charge is 0.328 e. The van der Waals surface area contributed by atoms with Crippen LogP contribution >= 0.6 is 0 Å². The molecule has 0 aromatic carbocycles. The molecule has 2 N–H and O–H groups in total. The van der Waals surface area contributed by atoms with E-state index in [1.165, 1.54) is 0 Å². The first-order valence-electron chi connectivity index (χ1n) is 4.74. The van der Waals surface area contributed by atoms with Gasteiger partial charge >= 0.3 is 0 Å². The zero-order valence-electron chi connectivity index (χ0n) is 7.63. The molecule has 0 radical (unpaired) electrons. The molecule has 68 valence electrons. The Labute approximate surface area is 75.1 Å². The molecule has 0 aliphatic carbocycles. The van der Waals surface area contributed by atoms with Crippen molar-refractivity contribution < 1.29 is 0 Å². The van der Waals surface area contributed by atoms with Crippen molar-refractivity contribution in [1.82, 2.24) is 4.90 Å². The van der Waals surface area contributed by atoms with Gasteiger partial charge in [-0.15, -0.1) is 12.3 Å². The zero-order chi connectivity index (χ0) is 8.81. The summed E-state index contributed by atoms with van der Waals surface area (Å²) in [5.41, 5.74) is 5.79. The molecule has 0 spiro atoms. The quantitative estimate of drug-likeness (QED) is 0.497. The molecule has 1 aliphatic heterocycles. The number of piperidine rings is 1. The van der Waals surface area contributed by atoms with E-state index >= 15 is 0 Å². The number of unbranched alkanes of at least 4 members (excludes halogenated alkanes) is 1. The van der Waals surface area contributed by atoms with E-state index in [1.807, 2.05) is 0 Å². The second-order valence-corrected chi connectivity index (χ2v) is 3.49. The van der Waals surface area contributed by atoms with Crippen molar-refractivity contribution in [3.63, 3.8) is 0 Å². The third-order valence-corrected chi connectivity index (χ3v) is 2.43. The van der Waals surface area contributed by atoms with Gasteiger partial charge < -0.3 is 10.6 Å². The molecule has 1 aliphatic rings. The van der Waals surface area contributed by atoms with E-state index in [4.69, 9.17) is 12.2 Å². The average Bonchev–Trinajstić information content (AvgIpc) is 2.09. The van der Waals surface area contributed by atoms with Gasteiger partial charge in [-0.25, -0.2) is 0 Å². The van der Waals surface area contributed by atoms with Crippen molar-refractivity contribution in [2.24, 2.45) is 5.73 Å². The maximum absolute atomic E-state index is 5.79. The average molecular weight is 166 g/mol. The van der Waals surface area contributed by atoms with Gasteiger partial charge in [0, 0.05) is 12.5 Å². The highest BCUT2D eigenvalue weighted by Gasteiger charge is 2.14. The first-order chi connectivity index (χ1) is 5.83. The first kappa shape index (κ1) is 9.57. The van der Waals surface area contributed by atoms with Crippen LogP contribution in [0.1, 0.15) is 25.7 Å². The van der Waals surface area contributed by atoms with Crippen molar-refractivity contribution in [3.05, 3.63) is 0 Å². The lowest BCUT2D eigenvalue weighted by atomic mass is 10.1. The molecule has 12 heavy (non-hydrogen) atoms. The van der Waals surface area contributed by atoms with E-state index in [-0.39, 0.29) is 0 Å². The van der Waals surface area contributed by atoms with Crippen molar-refractivity contribution in [3.8, 4) is 12.3 Å². The molecule has 0 unspecified atom stereocenters. The highest BCUT2D eigenvalue weighted by atomic mass is 15.1. The van der Waals surface area contributed by atoms with Crippen LogP contribution in [0.15, 0.2) is 0 Å². The number of nitrogens with zero attached hydrogens (tertiary/aromatic N) is 1. The van der Waals surface area contributed by atoms with Gasteiger partial charge in [0.2, 0.25) is 0 Å². The maximum Gasteiger partial charge on any atom is 0.00982 e. The van der Waals surface area contributed by atoms with Gasteiger partial charge in [0.25, 0.3) is 0 Å². The summed E-state index contributed by atoms with van der Waals surface area (Å²) in [6.07, 6.45) is 9.51. The topological polar surface area (TPSA) is 29.3 Å². The molecule has 0 aromatic heterocycles. The van der Waals surface area contributed by atoms with Crippen LogP contribution in [0.4, 0.5) is 0 Å². The first-order valence-corrected chi connectivity index (χ1v) is 4.74. The number of likely N-dealkylation sites (tertiary alicyclic amines) is 1. The lowest BCUT2D eigenvalue weighted by Crippen LogP contribution is -2.39. The molecular weight excluding hydrogens is 148 g/mol.